The summed E-state index contributed by atoms with van der Waals surface area (Å²) >= 11 is 5.73. The Balaban J connectivity index is 2.33. The zero-order chi connectivity index (χ0) is 12.5. The van der Waals surface area contributed by atoms with E-state index in [9.17, 15) is 8.42 Å². The third kappa shape index (κ3) is 2.78. The molecular weight excluding hydrogens is 260 g/mol. The Morgan fingerprint density at radius 2 is 2.24 bits per heavy atom. The highest BCUT2D eigenvalue weighted by Gasteiger charge is 2.37. The molecule has 4 nitrogen and oxygen atoms in total. The van der Waals surface area contributed by atoms with Gasteiger partial charge in [-0.1, -0.05) is 18.5 Å². The Morgan fingerprint density at radius 3 is 2.76 bits per heavy atom. The molecule has 0 radical (unpaired) electrons. The molecule has 1 aromatic rings. The van der Waals surface area contributed by atoms with Crippen LogP contribution in [-0.2, 0) is 10.0 Å². The van der Waals surface area contributed by atoms with Gasteiger partial charge >= 0.3 is 0 Å². The van der Waals surface area contributed by atoms with Gasteiger partial charge in [-0.25, -0.2) is 13.4 Å². The van der Waals surface area contributed by atoms with Crippen LogP contribution in [0, 0.1) is 0 Å². The van der Waals surface area contributed by atoms with Crippen molar-refractivity contribution in [3.63, 3.8) is 0 Å². The van der Waals surface area contributed by atoms with Gasteiger partial charge in [0, 0.05) is 18.8 Å². The molecule has 0 amide bonds. The summed E-state index contributed by atoms with van der Waals surface area (Å²) in [5.41, 5.74) is 0. The van der Waals surface area contributed by atoms with Gasteiger partial charge in [-0.05, 0) is 31.4 Å². The zero-order valence-corrected chi connectivity index (χ0v) is 11.2. The van der Waals surface area contributed by atoms with E-state index in [1.807, 2.05) is 6.92 Å². The summed E-state index contributed by atoms with van der Waals surface area (Å²) in [6, 6.07) is 3.07. The van der Waals surface area contributed by atoms with Crippen LogP contribution in [0.2, 0.25) is 5.15 Å². The molecule has 0 unspecified atom stereocenters. The smallest absolute Gasteiger partial charge is 0.243 e. The van der Waals surface area contributed by atoms with Gasteiger partial charge in [0.25, 0.3) is 0 Å². The third-order valence-electron chi connectivity index (χ3n) is 2.70. The van der Waals surface area contributed by atoms with Crippen molar-refractivity contribution in [2.24, 2.45) is 0 Å². The fraction of sp³-hybridized carbons (Fsp3) is 0.545. The average molecular weight is 275 g/mol. The highest BCUT2D eigenvalue weighted by molar-refractivity contribution is 7.89. The number of rotatable bonds is 5. The number of nitrogens with zero attached hydrogens (tertiary/aromatic N) is 2. The van der Waals surface area contributed by atoms with Crippen molar-refractivity contribution in [3.05, 3.63) is 23.5 Å². The summed E-state index contributed by atoms with van der Waals surface area (Å²) in [6.07, 6.45) is 4.15. The predicted molar refractivity (Wildman–Crippen MR) is 66.5 cm³/mol. The van der Waals surface area contributed by atoms with Gasteiger partial charge in [0.1, 0.15) is 5.15 Å². The SMILES string of the molecule is CCCN(C1CC1)S(=O)(=O)c1ccnc(Cl)c1. The molecule has 6 heteroatoms. The molecule has 17 heavy (non-hydrogen) atoms. The van der Waals surface area contributed by atoms with Crippen molar-refractivity contribution in [2.75, 3.05) is 6.54 Å². The molecule has 1 aliphatic rings. The van der Waals surface area contributed by atoms with Gasteiger partial charge in [0.05, 0.1) is 4.90 Å². The van der Waals surface area contributed by atoms with Crippen LogP contribution in [0.5, 0.6) is 0 Å². The first kappa shape index (κ1) is 12.8. The minimum atomic E-state index is -3.41. The normalized spacial score (nSPS) is 16.4. The summed E-state index contributed by atoms with van der Waals surface area (Å²) in [6.45, 7) is 2.54. The zero-order valence-electron chi connectivity index (χ0n) is 9.63. The van der Waals surface area contributed by atoms with E-state index in [1.165, 1.54) is 18.3 Å². The lowest BCUT2D eigenvalue weighted by Gasteiger charge is -2.21. The lowest BCUT2D eigenvalue weighted by atomic mass is 10.5. The molecule has 0 aliphatic heterocycles. The number of halogens is 1. The molecule has 0 bridgehead atoms. The van der Waals surface area contributed by atoms with E-state index in [-0.39, 0.29) is 16.1 Å². The van der Waals surface area contributed by atoms with Crippen LogP contribution in [0.1, 0.15) is 26.2 Å². The summed E-state index contributed by atoms with van der Waals surface area (Å²) in [7, 11) is -3.41. The van der Waals surface area contributed by atoms with Crippen molar-refractivity contribution in [3.8, 4) is 0 Å². The number of sulfonamides is 1. The number of hydrogen-bond acceptors (Lipinski definition) is 3. The van der Waals surface area contributed by atoms with Crippen LogP contribution in [0.4, 0.5) is 0 Å². The highest BCUT2D eigenvalue weighted by Crippen LogP contribution is 2.32. The van der Waals surface area contributed by atoms with Crippen LogP contribution in [-0.4, -0.2) is 30.3 Å². The van der Waals surface area contributed by atoms with Gasteiger partial charge in [0.15, 0.2) is 0 Å². The van der Waals surface area contributed by atoms with Crippen molar-refractivity contribution in [1.29, 1.82) is 0 Å². The lowest BCUT2D eigenvalue weighted by Crippen LogP contribution is -2.33. The van der Waals surface area contributed by atoms with E-state index >= 15 is 0 Å². The number of hydrogen-bond donors (Lipinski definition) is 0. The Kier molecular flexibility index (Phi) is 3.70. The fourth-order valence-electron chi connectivity index (χ4n) is 1.76. The molecule has 0 aromatic carbocycles. The lowest BCUT2D eigenvalue weighted by molar-refractivity contribution is 0.403. The first-order valence-electron chi connectivity index (χ1n) is 5.69. The number of pyridine rings is 1. The van der Waals surface area contributed by atoms with Crippen molar-refractivity contribution in [1.82, 2.24) is 9.29 Å². The maximum Gasteiger partial charge on any atom is 0.243 e. The maximum absolute atomic E-state index is 12.4. The molecule has 1 fully saturated rings. The largest absolute Gasteiger partial charge is 0.244 e. The Hall–Kier alpha value is -0.650. The molecule has 1 aliphatic carbocycles. The van der Waals surface area contributed by atoms with Gasteiger partial charge in [-0.3, -0.25) is 0 Å². The van der Waals surface area contributed by atoms with Crippen LogP contribution < -0.4 is 0 Å². The number of aromatic nitrogens is 1. The van der Waals surface area contributed by atoms with Gasteiger partial charge < -0.3 is 0 Å². The molecule has 0 N–H and O–H groups in total. The van der Waals surface area contributed by atoms with E-state index in [2.05, 4.69) is 4.98 Å². The molecule has 0 spiro atoms. The minimum absolute atomic E-state index is 0.173. The molecule has 1 saturated carbocycles. The fourth-order valence-corrected chi connectivity index (χ4v) is 3.79. The monoisotopic (exact) mass is 274 g/mol. The third-order valence-corrected chi connectivity index (χ3v) is 4.86. The highest BCUT2D eigenvalue weighted by atomic mass is 35.5. The van der Waals surface area contributed by atoms with Crippen molar-refractivity contribution in [2.45, 2.75) is 37.1 Å². The van der Waals surface area contributed by atoms with E-state index in [4.69, 9.17) is 11.6 Å². The first-order valence-corrected chi connectivity index (χ1v) is 7.51. The second kappa shape index (κ2) is 4.92. The summed E-state index contributed by atoms with van der Waals surface area (Å²) < 4.78 is 26.4. The molecule has 2 rings (SSSR count). The quantitative estimate of drug-likeness (QED) is 0.774. The van der Waals surface area contributed by atoms with Crippen LogP contribution in [0.15, 0.2) is 23.2 Å². The van der Waals surface area contributed by atoms with Gasteiger partial charge in [-0.15, -0.1) is 0 Å². The Bertz CT molecular complexity index is 500. The Morgan fingerprint density at radius 1 is 1.53 bits per heavy atom. The van der Waals surface area contributed by atoms with E-state index < -0.39 is 10.0 Å². The maximum atomic E-state index is 12.4. The summed E-state index contributed by atoms with van der Waals surface area (Å²) in [5.74, 6) is 0. The van der Waals surface area contributed by atoms with Gasteiger partial charge in [-0.2, -0.15) is 4.31 Å². The van der Waals surface area contributed by atoms with Crippen LogP contribution in [0.25, 0.3) is 0 Å². The molecule has 1 aromatic heterocycles. The van der Waals surface area contributed by atoms with Crippen molar-refractivity contribution < 1.29 is 8.42 Å². The second-order valence-electron chi connectivity index (χ2n) is 4.16. The first-order chi connectivity index (χ1) is 8.05. The second-order valence-corrected chi connectivity index (χ2v) is 6.44. The molecule has 0 saturated heterocycles. The molecule has 94 valence electrons. The summed E-state index contributed by atoms with van der Waals surface area (Å²) in [5, 5.41) is 0.207. The van der Waals surface area contributed by atoms with Crippen LogP contribution in [0.3, 0.4) is 0 Å². The van der Waals surface area contributed by atoms with E-state index in [0.717, 1.165) is 19.3 Å². The predicted octanol–water partition coefficient (Wildman–Crippen LogP) is 2.30. The molecule has 1 heterocycles. The standard InChI is InChI=1S/C11H15ClN2O2S/c1-2-7-14(9-3-4-9)17(15,16)10-5-6-13-11(12)8-10/h5-6,8-9H,2-4,7H2,1H3. The van der Waals surface area contributed by atoms with E-state index in [1.54, 1.807) is 4.31 Å². The molecule has 0 atom stereocenters. The van der Waals surface area contributed by atoms with Gasteiger partial charge in [0.2, 0.25) is 10.0 Å². The summed E-state index contributed by atoms with van der Waals surface area (Å²) in [4.78, 5) is 4.04. The minimum Gasteiger partial charge on any atom is -0.244 e. The topological polar surface area (TPSA) is 50.3 Å². The Labute approximate surface area is 107 Å². The molecular formula is C11H15ClN2O2S. The van der Waals surface area contributed by atoms with E-state index in [0.29, 0.717) is 6.54 Å². The van der Waals surface area contributed by atoms with Crippen LogP contribution >= 0.6 is 11.6 Å². The average Bonchev–Trinajstić information content (AvgIpc) is 3.09. The van der Waals surface area contributed by atoms with Crippen molar-refractivity contribution >= 4 is 21.6 Å².